The van der Waals surface area contributed by atoms with Crippen molar-refractivity contribution in [1.82, 2.24) is 4.90 Å². The number of halogens is 1. The highest BCUT2D eigenvalue weighted by molar-refractivity contribution is 6.33. The lowest BCUT2D eigenvalue weighted by Gasteiger charge is -2.02. The molecule has 0 heterocycles. The summed E-state index contributed by atoms with van der Waals surface area (Å²) in [6.07, 6.45) is 1.72. The maximum atomic E-state index is 5.88. The van der Waals surface area contributed by atoms with E-state index in [0.717, 1.165) is 5.69 Å². The second-order valence-corrected chi connectivity index (χ2v) is 3.07. The van der Waals surface area contributed by atoms with Gasteiger partial charge < -0.3 is 4.90 Å². The first-order valence-electron chi connectivity index (χ1n) is 3.65. The zero-order valence-electron chi connectivity index (χ0n) is 7.16. The normalized spacial score (nSPS) is 10.6. The van der Waals surface area contributed by atoms with Gasteiger partial charge in [0, 0.05) is 14.1 Å². The van der Waals surface area contributed by atoms with Crippen molar-refractivity contribution in [3.63, 3.8) is 0 Å². The number of hydrogen-bond donors (Lipinski definition) is 0. The van der Waals surface area contributed by atoms with Crippen molar-refractivity contribution in [2.45, 2.75) is 0 Å². The predicted molar refractivity (Wildman–Crippen MR) is 53.3 cm³/mol. The van der Waals surface area contributed by atoms with Gasteiger partial charge in [0.25, 0.3) is 0 Å². The van der Waals surface area contributed by atoms with Gasteiger partial charge in [0.2, 0.25) is 0 Å². The molecule has 0 saturated heterocycles. The second kappa shape index (κ2) is 4.12. The Hall–Kier alpha value is -1.02. The fourth-order valence-electron chi connectivity index (χ4n) is 0.734. The van der Waals surface area contributed by atoms with E-state index in [4.69, 9.17) is 11.6 Å². The summed E-state index contributed by atoms with van der Waals surface area (Å²) in [7, 11) is 3.83. The molecule has 0 aliphatic rings. The van der Waals surface area contributed by atoms with Crippen LogP contribution in [0.4, 0.5) is 5.69 Å². The molecule has 0 unspecified atom stereocenters. The lowest BCUT2D eigenvalue weighted by atomic mass is 10.3. The van der Waals surface area contributed by atoms with E-state index >= 15 is 0 Å². The molecule has 0 N–H and O–H groups in total. The molecule has 0 saturated carbocycles. The Kier molecular flexibility index (Phi) is 3.11. The third-order valence-electron chi connectivity index (χ3n) is 1.28. The topological polar surface area (TPSA) is 15.6 Å². The van der Waals surface area contributed by atoms with Crippen LogP contribution in [0.25, 0.3) is 0 Å². The Balaban J connectivity index is 2.82. The molecule has 2 nitrogen and oxygen atoms in total. The smallest absolute Gasteiger partial charge is 0.0907 e. The van der Waals surface area contributed by atoms with Gasteiger partial charge in [-0.1, -0.05) is 23.7 Å². The summed E-state index contributed by atoms with van der Waals surface area (Å²) in [4.78, 5) is 6.04. The number of aliphatic imine (C=N–C) groups is 1. The number of nitrogens with zero attached hydrogens (tertiary/aromatic N) is 2. The van der Waals surface area contributed by atoms with Gasteiger partial charge in [-0.15, -0.1) is 0 Å². The van der Waals surface area contributed by atoms with Crippen LogP contribution in [-0.4, -0.2) is 25.3 Å². The van der Waals surface area contributed by atoms with Gasteiger partial charge in [-0.05, 0) is 12.1 Å². The fraction of sp³-hybridized carbons (Fsp3) is 0.222. The molecule has 12 heavy (non-hydrogen) atoms. The molecule has 0 aliphatic heterocycles. The number of rotatable bonds is 2. The van der Waals surface area contributed by atoms with E-state index in [-0.39, 0.29) is 0 Å². The van der Waals surface area contributed by atoms with Gasteiger partial charge in [0.05, 0.1) is 17.0 Å². The summed E-state index contributed by atoms with van der Waals surface area (Å²) < 4.78 is 0. The lowest BCUT2D eigenvalue weighted by molar-refractivity contribution is 0.643. The molecule has 0 radical (unpaired) electrons. The molecule has 0 spiro atoms. The second-order valence-electron chi connectivity index (χ2n) is 2.66. The SMILES string of the molecule is CN(C)C=Nc1ccccc1Cl. The molecule has 64 valence electrons. The molecule has 1 rings (SSSR count). The molecule has 1 aromatic rings. The van der Waals surface area contributed by atoms with Gasteiger partial charge in [0.15, 0.2) is 0 Å². The highest BCUT2D eigenvalue weighted by Crippen LogP contribution is 2.22. The van der Waals surface area contributed by atoms with Gasteiger partial charge in [-0.2, -0.15) is 0 Å². The Morgan fingerprint density at radius 2 is 2.00 bits per heavy atom. The van der Waals surface area contributed by atoms with Crippen molar-refractivity contribution in [1.29, 1.82) is 0 Å². The molecular weight excluding hydrogens is 172 g/mol. The number of hydrogen-bond acceptors (Lipinski definition) is 1. The van der Waals surface area contributed by atoms with Crippen LogP contribution in [0, 0.1) is 0 Å². The van der Waals surface area contributed by atoms with E-state index in [1.807, 2.05) is 43.3 Å². The van der Waals surface area contributed by atoms with E-state index in [0.29, 0.717) is 5.02 Å². The van der Waals surface area contributed by atoms with Gasteiger partial charge in [0.1, 0.15) is 0 Å². The summed E-state index contributed by atoms with van der Waals surface area (Å²) in [6.45, 7) is 0. The van der Waals surface area contributed by atoms with Crippen LogP contribution in [0.1, 0.15) is 0 Å². The van der Waals surface area contributed by atoms with Crippen molar-refractivity contribution in [3.8, 4) is 0 Å². The predicted octanol–water partition coefficient (Wildman–Crippen LogP) is 2.56. The van der Waals surface area contributed by atoms with Crippen molar-refractivity contribution in [3.05, 3.63) is 29.3 Å². The largest absolute Gasteiger partial charge is 0.369 e. The Morgan fingerprint density at radius 3 is 2.58 bits per heavy atom. The Bertz CT molecular complexity index is 282. The van der Waals surface area contributed by atoms with Crippen molar-refractivity contribution < 1.29 is 0 Å². The minimum Gasteiger partial charge on any atom is -0.369 e. The lowest BCUT2D eigenvalue weighted by Crippen LogP contribution is -2.06. The van der Waals surface area contributed by atoms with Crippen molar-refractivity contribution in [2.24, 2.45) is 4.99 Å². The maximum absolute atomic E-state index is 5.88. The number of para-hydroxylation sites is 1. The molecule has 0 fully saturated rings. The average molecular weight is 183 g/mol. The first kappa shape index (κ1) is 9.07. The Labute approximate surface area is 77.5 Å². The third kappa shape index (κ3) is 2.55. The minimum atomic E-state index is 0.676. The highest BCUT2D eigenvalue weighted by Gasteiger charge is 1.93. The average Bonchev–Trinajstić information content (AvgIpc) is 2.03. The quantitative estimate of drug-likeness (QED) is 0.507. The minimum absolute atomic E-state index is 0.676. The van der Waals surface area contributed by atoms with Crippen molar-refractivity contribution in [2.75, 3.05) is 14.1 Å². The van der Waals surface area contributed by atoms with Crippen LogP contribution in [0.3, 0.4) is 0 Å². The fourth-order valence-corrected chi connectivity index (χ4v) is 0.919. The molecular formula is C9H11ClN2. The maximum Gasteiger partial charge on any atom is 0.0907 e. The first-order valence-corrected chi connectivity index (χ1v) is 4.03. The van der Waals surface area contributed by atoms with E-state index in [2.05, 4.69) is 4.99 Å². The standard InChI is InChI=1S/C9H11ClN2/c1-12(2)7-11-9-6-4-3-5-8(9)10/h3-7H,1-2H3. The summed E-state index contributed by atoms with van der Waals surface area (Å²) in [5, 5.41) is 0.676. The zero-order valence-corrected chi connectivity index (χ0v) is 7.92. The zero-order chi connectivity index (χ0) is 8.97. The van der Waals surface area contributed by atoms with E-state index in [9.17, 15) is 0 Å². The summed E-state index contributed by atoms with van der Waals surface area (Å²) in [5.41, 5.74) is 0.799. The third-order valence-corrected chi connectivity index (χ3v) is 1.60. The summed E-state index contributed by atoms with van der Waals surface area (Å²) in [5.74, 6) is 0. The summed E-state index contributed by atoms with van der Waals surface area (Å²) >= 11 is 5.88. The molecule has 0 bridgehead atoms. The summed E-state index contributed by atoms with van der Waals surface area (Å²) in [6, 6.07) is 7.50. The van der Waals surface area contributed by atoms with Crippen LogP contribution in [0.15, 0.2) is 29.3 Å². The van der Waals surface area contributed by atoms with E-state index in [1.54, 1.807) is 6.34 Å². The van der Waals surface area contributed by atoms with Crippen molar-refractivity contribution >= 4 is 23.6 Å². The molecule has 0 atom stereocenters. The Morgan fingerprint density at radius 1 is 1.33 bits per heavy atom. The van der Waals surface area contributed by atoms with Crippen LogP contribution < -0.4 is 0 Å². The molecule has 0 aliphatic carbocycles. The van der Waals surface area contributed by atoms with E-state index < -0.39 is 0 Å². The van der Waals surface area contributed by atoms with Gasteiger partial charge in [-0.3, -0.25) is 0 Å². The number of benzene rings is 1. The molecule has 0 amide bonds. The van der Waals surface area contributed by atoms with Crippen LogP contribution in [-0.2, 0) is 0 Å². The molecule has 0 aromatic heterocycles. The monoisotopic (exact) mass is 182 g/mol. The molecule has 3 heteroatoms. The van der Waals surface area contributed by atoms with Crippen LogP contribution in [0.5, 0.6) is 0 Å². The highest BCUT2D eigenvalue weighted by atomic mass is 35.5. The van der Waals surface area contributed by atoms with Gasteiger partial charge >= 0.3 is 0 Å². The van der Waals surface area contributed by atoms with E-state index in [1.165, 1.54) is 0 Å². The van der Waals surface area contributed by atoms with Crippen LogP contribution >= 0.6 is 11.6 Å². The van der Waals surface area contributed by atoms with Crippen LogP contribution in [0.2, 0.25) is 5.02 Å². The van der Waals surface area contributed by atoms with Gasteiger partial charge in [-0.25, -0.2) is 4.99 Å². The molecule has 1 aromatic carbocycles. The first-order chi connectivity index (χ1) is 5.70.